The number of imidazole rings is 1. The number of anilines is 1. The minimum Gasteiger partial charge on any atom is -0.463 e. The lowest BCUT2D eigenvalue weighted by molar-refractivity contribution is -0.240. The second-order valence-electron chi connectivity index (χ2n) is 8.60. The average Bonchev–Trinajstić information content (AvgIpc) is 3.54. The van der Waals surface area contributed by atoms with Crippen LogP contribution in [0.4, 0.5) is 5.82 Å². The fourth-order valence-corrected chi connectivity index (χ4v) is 6.59. The summed E-state index contributed by atoms with van der Waals surface area (Å²) in [4.78, 5) is 22.6. The summed E-state index contributed by atoms with van der Waals surface area (Å²) in [7, 11) is 0. The van der Waals surface area contributed by atoms with Gasteiger partial charge in [0.15, 0.2) is 5.82 Å². The maximum atomic E-state index is 6.18. The molecule has 2 aliphatic carbocycles. The molecule has 2 aliphatic heterocycles. The van der Waals surface area contributed by atoms with Gasteiger partial charge in [0.1, 0.15) is 16.9 Å². The zero-order chi connectivity index (χ0) is 20.8. The standard InChI is InChI=1S/C23H18N6O2S/c1-2-14-15(3-1)20-18(14)19-21(25-23(26-22(19)32-20)28-7-6-24-11-28)27-29-10-12-4-5-16-13(8-12)9-17(30-16)31-29/h2,4-8,11,15,17H,1,3,9-10H2,(H,25,26,27). The number of fused-ring (bicyclic) bond motifs is 8. The first-order valence-electron chi connectivity index (χ1n) is 10.8. The van der Waals surface area contributed by atoms with E-state index >= 15 is 0 Å². The van der Waals surface area contributed by atoms with Crippen molar-refractivity contribution in [1.29, 1.82) is 0 Å². The van der Waals surface area contributed by atoms with Gasteiger partial charge in [0.25, 0.3) is 0 Å². The van der Waals surface area contributed by atoms with Crippen molar-refractivity contribution in [3.05, 3.63) is 64.6 Å². The smallest absolute Gasteiger partial charge is 0.238 e. The number of hydrogen-bond acceptors (Lipinski definition) is 8. The molecule has 9 heteroatoms. The lowest BCUT2D eigenvalue weighted by Crippen LogP contribution is -2.37. The van der Waals surface area contributed by atoms with E-state index < -0.39 is 0 Å². The van der Waals surface area contributed by atoms with Crippen molar-refractivity contribution >= 4 is 32.9 Å². The van der Waals surface area contributed by atoms with Crippen LogP contribution in [-0.2, 0) is 17.8 Å². The quantitative estimate of drug-likeness (QED) is 0.510. The monoisotopic (exact) mass is 442 g/mol. The summed E-state index contributed by atoms with van der Waals surface area (Å²) in [6.07, 6.45) is 10.4. The lowest BCUT2D eigenvalue weighted by atomic mass is 9.80. The predicted octanol–water partition coefficient (Wildman–Crippen LogP) is 4.19. The molecule has 3 aromatic heterocycles. The fourth-order valence-electron chi connectivity index (χ4n) is 5.24. The van der Waals surface area contributed by atoms with Crippen molar-refractivity contribution in [2.24, 2.45) is 0 Å². The van der Waals surface area contributed by atoms with Crippen LogP contribution >= 0.6 is 11.3 Å². The highest BCUT2D eigenvalue weighted by molar-refractivity contribution is 7.19. The zero-order valence-electron chi connectivity index (χ0n) is 17.0. The molecule has 3 bridgehead atoms. The van der Waals surface area contributed by atoms with Gasteiger partial charge in [0.05, 0.1) is 11.9 Å². The number of aromatic nitrogens is 4. The summed E-state index contributed by atoms with van der Waals surface area (Å²) < 4.78 is 7.79. The van der Waals surface area contributed by atoms with Crippen molar-refractivity contribution in [3.8, 4) is 11.7 Å². The molecule has 0 radical (unpaired) electrons. The van der Waals surface area contributed by atoms with Gasteiger partial charge in [-0.2, -0.15) is 4.98 Å². The van der Waals surface area contributed by atoms with E-state index in [9.17, 15) is 0 Å². The Kier molecular flexibility index (Phi) is 3.33. The van der Waals surface area contributed by atoms with Gasteiger partial charge >= 0.3 is 0 Å². The van der Waals surface area contributed by atoms with Gasteiger partial charge in [-0.05, 0) is 30.0 Å². The SMILES string of the molecule is C1=C2c3c(sc4nc(-n5ccnc5)nc(NN5Cc6ccc7c(c6)CC(O7)O5)c34)C2CC1. The Balaban J connectivity index is 1.26. The van der Waals surface area contributed by atoms with Crippen LogP contribution in [0.5, 0.6) is 5.75 Å². The molecule has 4 aromatic rings. The summed E-state index contributed by atoms with van der Waals surface area (Å²) >= 11 is 1.78. The molecule has 5 heterocycles. The highest BCUT2D eigenvalue weighted by Gasteiger charge is 2.40. The molecule has 8 rings (SSSR count). The number of thiophene rings is 1. The van der Waals surface area contributed by atoms with Gasteiger partial charge in [-0.25, -0.2) is 14.8 Å². The van der Waals surface area contributed by atoms with Crippen molar-refractivity contribution < 1.29 is 9.57 Å². The molecule has 0 saturated heterocycles. The number of ether oxygens (including phenoxy) is 1. The Hall–Kier alpha value is -3.27. The van der Waals surface area contributed by atoms with Crippen molar-refractivity contribution in [3.63, 3.8) is 0 Å². The predicted molar refractivity (Wildman–Crippen MR) is 119 cm³/mol. The van der Waals surface area contributed by atoms with Crippen molar-refractivity contribution in [1.82, 2.24) is 24.7 Å². The molecular formula is C23H18N6O2S. The van der Waals surface area contributed by atoms with Crippen LogP contribution in [0.15, 0.2) is 43.0 Å². The zero-order valence-corrected chi connectivity index (χ0v) is 17.8. The van der Waals surface area contributed by atoms with E-state index in [1.807, 2.05) is 16.8 Å². The van der Waals surface area contributed by atoms with Crippen molar-refractivity contribution in [2.45, 2.75) is 38.0 Å². The third-order valence-corrected chi connectivity index (χ3v) is 7.87. The van der Waals surface area contributed by atoms with E-state index in [0.717, 1.165) is 40.2 Å². The van der Waals surface area contributed by atoms with Crippen LogP contribution < -0.4 is 10.2 Å². The Labute approximate surface area is 187 Å². The number of benzene rings is 1. The highest BCUT2D eigenvalue weighted by atomic mass is 32.1. The molecule has 2 atom stereocenters. The van der Waals surface area contributed by atoms with Crippen molar-refractivity contribution in [2.75, 3.05) is 5.43 Å². The number of hydroxylamine groups is 1. The number of nitrogens with zero attached hydrogens (tertiary/aromatic N) is 5. The lowest BCUT2D eigenvalue weighted by Gasteiger charge is -2.28. The summed E-state index contributed by atoms with van der Waals surface area (Å²) in [5.74, 6) is 2.81. The van der Waals surface area contributed by atoms with Crippen LogP contribution in [-0.4, -0.2) is 31.0 Å². The summed E-state index contributed by atoms with van der Waals surface area (Å²) in [5.41, 5.74) is 8.58. The highest BCUT2D eigenvalue weighted by Crippen LogP contribution is 2.59. The number of hydrogen-bond donors (Lipinski definition) is 1. The first-order valence-corrected chi connectivity index (χ1v) is 11.6. The Morgan fingerprint density at radius 3 is 3.16 bits per heavy atom. The van der Waals surface area contributed by atoms with E-state index in [1.54, 1.807) is 29.0 Å². The van der Waals surface area contributed by atoms with E-state index in [-0.39, 0.29) is 6.29 Å². The maximum Gasteiger partial charge on any atom is 0.238 e. The van der Waals surface area contributed by atoms with E-state index in [1.165, 1.54) is 28.0 Å². The Morgan fingerprint density at radius 2 is 2.22 bits per heavy atom. The molecule has 4 aliphatic rings. The topological polar surface area (TPSA) is 77.3 Å². The Bertz CT molecular complexity index is 1440. The fraction of sp³-hybridized carbons (Fsp3) is 0.261. The first kappa shape index (κ1) is 17.3. The molecule has 1 aromatic carbocycles. The number of rotatable bonds is 3. The summed E-state index contributed by atoms with van der Waals surface area (Å²) in [6.45, 7) is 0.580. The van der Waals surface area contributed by atoms with Crippen LogP contribution in [0, 0.1) is 0 Å². The number of hydrazine groups is 1. The molecule has 0 saturated carbocycles. The molecule has 2 unspecified atom stereocenters. The molecular weight excluding hydrogens is 424 g/mol. The van der Waals surface area contributed by atoms with E-state index in [0.29, 0.717) is 18.4 Å². The molecule has 0 spiro atoms. The van der Waals surface area contributed by atoms with Gasteiger partial charge in [-0.3, -0.25) is 9.99 Å². The molecule has 32 heavy (non-hydrogen) atoms. The third kappa shape index (κ3) is 2.35. The van der Waals surface area contributed by atoms with Crippen LogP contribution in [0.25, 0.3) is 21.7 Å². The van der Waals surface area contributed by atoms with Gasteiger partial charge < -0.3 is 4.74 Å². The largest absolute Gasteiger partial charge is 0.463 e. The Morgan fingerprint density at radius 1 is 1.22 bits per heavy atom. The first-order chi connectivity index (χ1) is 15.8. The second kappa shape index (κ2) is 6.16. The molecule has 0 fully saturated rings. The summed E-state index contributed by atoms with van der Waals surface area (Å²) in [6, 6.07) is 6.32. The number of allylic oxidation sites excluding steroid dienone is 2. The molecule has 0 amide bonds. The average molecular weight is 443 g/mol. The minimum atomic E-state index is -0.342. The van der Waals surface area contributed by atoms with Gasteiger partial charge in [0.2, 0.25) is 12.2 Å². The normalized spacial score (nSPS) is 22.7. The molecule has 1 N–H and O–H groups in total. The molecule has 158 valence electrons. The molecule has 8 nitrogen and oxygen atoms in total. The minimum absolute atomic E-state index is 0.342. The second-order valence-corrected chi connectivity index (χ2v) is 9.63. The van der Waals surface area contributed by atoms with Gasteiger partial charge in [-0.15, -0.1) is 11.3 Å². The van der Waals surface area contributed by atoms with Crippen LogP contribution in [0.2, 0.25) is 0 Å². The van der Waals surface area contributed by atoms with Gasteiger partial charge in [0, 0.05) is 40.7 Å². The summed E-state index contributed by atoms with van der Waals surface area (Å²) in [5, 5.41) is 2.82. The van der Waals surface area contributed by atoms with E-state index in [2.05, 4.69) is 28.6 Å². The number of nitrogens with one attached hydrogen (secondary N) is 1. The third-order valence-electron chi connectivity index (χ3n) is 6.67. The van der Waals surface area contributed by atoms with Gasteiger partial charge in [-0.1, -0.05) is 23.4 Å². The maximum absolute atomic E-state index is 6.18. The van der Waals surface area contributed by atoms with E-state index in [4.69, 9.17) is 19.5 Å². The van der Waals surface area contributed by atoms with Crippen LogP contribution in [0.1, 0.15) is 40.3 Å². The van der Waals surface area contributed by atoms with Crippen LogP contribution in [0.3, 0.4) is 0 Å².